The largest absolute Gasteiger partial charge is 0.294 e. The van der Waals surface area contributed by atoms with Crippen LogP contribution < -0.4 is 0 Å². The van der Waals surface area contributed by atoms with Crippen molar-refractivity contribution in [2.24, 2.45) is 0 Å². The van der Waals surface area contributed by atoms with E-state index >= 15 is 0 Å². The zero-order valence-corrected chi connectivity index (χ0v) is 18.6. The number of halogens is 1. The third-order valence-electron chi connectivity index (χ3n) is 6.08. The lowest BCUT2D eigenvalue weighted by atomic mass is 9.85. The van der Waals surface area contributed by atoms with Crippen LogP contribution in [-0.2, 0) is 0 Å². The smallest absolute Gasteiger partial charge is 0.170 e. The molecule has 0 aliphatic heterocycles. The summed E-state index contributed by atoms with van der Waals surface area (Å²) in [5.41, 5.74) is 1.99. The van der Waals surface area contributed by atoms with E-state index in [1.165, 1.54) is 0 Å². The van der Waals surface area contributed by atoms with Crippen molar-refractivity contribution in [2.75, 3.05) is 0 Å². The Morgan fingerprint density at radius 3 is 1.73 bits per heavy atom. The van der Waals surface area contributed by atoms with Crippen molar-refractivity contribution in [1.29, 1.82) is 0 Å². The lowest BCUT2D eigenvalue weighted by Gasteiger charge is -2.17. The second-order valence-corrected chi connectivity index (χ2v) is 8.66. The van der Waals surface area contributed by atoms with Crippen LogP contribution in [0.2, 0.25) is 5.02 Å². The molecule has 0 saturated heterocycles. The van der Waals surface area contributed by atoms with Gasteiger partial charge in [-0.3, -0.25) is 9.59 Å². The van der Waals surface area contributed by atoms with E-state index in [9.17, 15) is 9.59 Å². The molecule has 0 bridgehead atoms. The summed E-state index contributed by atoms with van der Waals surface area (Å²) < 4.78 is 0. The highest BCUT2D eigenvalue weighted by Crippen LogP contribution is 2.29. The van der Waals surface area contributed by atoms with Gasteiger partial charge in [0.1, 0.15) is 0 Å². The number of Topliss-reactive ketones (excluding diaryl/α,β-unsaturated/α-hetero) is 2. The third kappa shape index (κ3) is 4.44. The summed E-state index contributed by atoms with van der Waals surface area (Å²) >= 11 is 6.08. The number of carbonyl (C=O) groups excluding carboxylic acids is 2. The van der Waals surface area contributed by atoms with Crippen molar-refractivity contribution in [3.63, 3.8) is 0 Å². The molecule has 1 atom stereocenters. The quantitative estimate of drug-likeness (QED) is 0.247. The minimum absolute atomic E-state index is 0.0603. The number of hydrogen-bond donors (Lipinski definition) is 0. The molecule has 160 valence electrons. The van der Waals surface area contributed by atoms with Crippen LogP contribution in [0, 0.1) is 0 Å². The minimum atomic E-state index is -0.595. The van der Waals surface area contributed by atoms with E-state index in [0.29, 0.717) is 16.1 Å². The standard InChI is InChI=1S/C30H21ClO2/c31-27-15-13-22(14-16-27)28(30(33)26-12-10-21-6-2-4-8-24(21)18-26)19-29(32)25-11-9-20-5-1-3-7-23(20)17-25/h1-18,28H,19H2. The maximum atomic E-state index is 13.7. The van der Waals surface area contributed by atoms with Gasteiger partial charge in [-0.2, -0.15) is 0 Å². The molecule has 0 spiro atoms. The molecule has 33 heavy (non-hydrogen) atoms. The van der Waals surface area contributed by atoms with Gasteiger partial charge in [-0.1, -0.05) is 96.5 Å². The van der Waals surface area contributed by atoms with Crippen molar-refractivity contribution in [1.82, 2.24) is 0 Å². The number of benzene rings is 5. The van der Waals surface area contributed by atoms with Gasteiger partial charge in [0.25, 0.3) is 0 Å². The van der Waals surface area contributed by atoms with Crippen molar-refractivity contribution in [3.8, 4) is 0 Å². The summed E-state index contributed by atoms with van der Waals surface area (Å²) in [6.07, 6.45) is 0.0889. The summed E-state index contributed by atoms with van der Waals surface area (Å²) in [6.45, 7) is 0. The first-order valence-electron chi connectivity index (χ1n) is 10.9. The molecule has 5 aromatic carbocycles. The lowest BCUT2D eigenvalue weighted by molar-refractivity contribution is 0.0893. The average Bonchev–Trinajstić information content (AvgIpc) is 2.86. The molecule has 0 aromatic heterocycles. The second-order valence-electron chi connectivity index (χ2n) is 8.22. The van der Waals surface area contributed by atoms with Crippen LogP contribution in [0.4, 0.5) is 0 Å². The highest BCUT2D eigenvalue weighted by atomic mass is 35.5. The van der Waals surface area contributed by atoms with Gasteiger partial charge in [-0.15, -0.1) is 0 Å². The van der Waals surface area contributed by atoms with E-state index in [1.54, 1.807) is 12.1 Å². The fourth-order valence-corrected chi connectivity index (χ4v) is 4.39. The van der Waals surface area contributed by atoms with Gasteiger partial charge in [-0.25, -0.2) is 0 Å². The summed E-state index contributed by atoms with van der Waals surface area (Å²) in [5, 5.41) is 4.75. The topological polar surface area (TPSA) is 34.1 Å². The SMILES string of the molecule is O=C(CC(C(=O)c1ccc2ccccc2c1)c1ccc(Cl)cc1)c1ccc2ccccc2c1. The predicted octanol–water partition coefficient (Wildman–Crippen LogP) is 7.89. The van der Waals surface area contributed by atoms with Gasteiger partial charge < -0.3 is 0 Å². The van der Waals surface area contributed by atoms with Gasteiger partial charge in [0.15, 0.2) is 11.6 Å². The highest BCUT2D eigenvalue weighted by Gasteiger charge is 2.26. The van der Waals surface area contributed by atoms with Crippen LogP contribution in [0.15, 0.2) is 109 Å². The Hall–Kier alpha value is -3.75. The zero-order chi connectivity index (χ0) is 22.8. The van der Waals surface area contributed by atoms with Crippen LogP contribution in [0.5, 0.6) is 0 Å². The number of hydrogen-bond acceptors (Lipinski definition) is 2. The van der Waals surface area contributed by atoms with Crippen molar-refractivity contribution in [2.45, 2.75) is 12.3 Å². The minimum Gasteiger partial charge on any atom is -0.294 e. The van der Waals surface area contributed by atoms with E-state index in [1.807, 2.05) is 97.1 Å². The first-order valence-corrected chi connectivity index (χ1v) is 11.3. The Bertz CT molecular complexity index is 1480. The van der Waals surface area contributed by atoms with Crippen LogP contribution in [0.1, 0.15) is 38.6 Å². The summed E-state index contributed by atoms with van der Waals surface area (Å²) in [6, 6.07) is 34.4. The average molecular weight is 449 g/mol. The van der Waals surface area contributed by atoms with Gasteiger partial charge >= 0.3 is 0 Å². The van der Waals surface area contributed by atoms with Gasteiger partial charge in [-0.05, 0) is 51.4 Å². The molecular formula is C30H21ClO2. The molecule has 0 saturated carbocycles. The van der Waals surface area contributed by atoms with Crippen molar-refractivity contribution < 1.29 is 9.59 Å². The first-order chi connectivity index (χ1) is 16.1. The van der Waals surface area contributed by atoms with Gasteiger partial charge in [0, 0.05) is 22.6 Å². The molecule has 0 amide bonds. The monoisotopic (exact) mass is 448 g/mol. The highest BCUT2D eigenvalue weighted by molar-refractivity contribution is 6.30. The summed E-state index contributed by atoms with van der Waals surface area (Å²) in [5.74, 6) is -0.727. The molecule has 0 aliphatic carbocycles. The Labute approximate surface area is 197 Å². The molecule has 2 nitrogen and oxygen atoms in total. The first kappa shape index (κ1) is 21.1. The summed E-state index contributed by atoms with van der Waals surface area (Å²) in [4.78, 5) is 27.0. The molecule has 0 aliphatic rings. The van der Waals surface area contributed by atoms with E-state index < -0.39 is 5.92 Å². The maximum Gasteiger partial charge on any atom is 0.170 e. The number of carbonyl (C=O) groups is 2. The molecular weight excluding hydrogens is 428 g/mol. The zero-order valence-electron chi connectivity index (χ0n) is 17.9. The fraction of sp³-hybridized carbons (Fsp3) is 0.0667. The molecule has 5 rings (SSSR count). The number of ketones is 2. The maximum absolute atomic E-state index is 13.7. The van der Waals surface area contributed by atoms with E-state index in [4.69, 9.17) is 11.6 Å². The fourth-order valence-electron chi connectivity index (χ4n) is 4.27. The number of fused-ring (bicyclic) bond motifs is 2. The Balaban J connectivity index is 1.51. The van der Waals surface area contributed by atoms with Gasteiger partial charge in [0.2, 0.25) is 0 Å². The van der Waals surface area contributed by atoms with Crippen LogP contribution in [-0.4, -0.2) is 11.6 Å². The Morgan fingerprint density at radius 1 is 0.606 bits per heavy atom. The molecule has 5 aromatic rings. The van der Waals surface area contributed by atoms with Crippen LogP contribution >= 0.6 is 11.6 Å². The molecule has 3 heteroatoms. The molecule has 0 N–H and O–H groups in total. The molecule has 1 unspecified atom stereocenters. The Kier molecular flexibility index (Phi) is 5.77. The predicted molar refractivity (Wildman–Crippen MR) is 135 cm³/mol. The van der Waals surface area contributed by atoms with Crippen molar-refractivity contribution >= 4 is 44.7 Å². The normalized spacial score (nSPS) is 12.0. The molecule has 0 fully saturated rings. The Morgan fingerprint density at radius 2 is 1.12 bits per heavy atom. The van der Waals surface area contributed by atoms with Crippen LogP contribution in [0.3, 0.4) is 0 Å². The van der Waals surface area contributed by atoms with E-state index in [2.05, 4.69) is 0 Å². The lowest BCUT2D eigenvalue weighted by Crippen LogP contribution is -2.17. The van der Waals surface area contributed by atoms with E-state index in [0.717, 1.165) is 27.1 Å². The summed E-state index contributed by atoms with van der Waals surface area (Å²) in [7, 11) is 0. The van der Waals surface area contributed by atoms with Gasteiger partial charge in [0.05, 0.1) is 5.92 Å². The molecule has 0 heterocycles. The third-order valence-corrected chi connectivity index (χ3v) is 6.34. The van der Waals surface area contributed by atoms with Crippen LogP contribution in [0.25, 0.3) is 21.5 Å². The van der Waals surface area contributed by atoms with Crippen molar-refractivity contribution in [3.05, 3.63) is 131 Å². The second kappa shape index (κ2) is 9.01. The number of rotatable bonds is 6. The molecule has 0 radical (unpaired) electrons. The van der Waals surface area contributed by atoms with E-state index in [-0.39, 0.29) is 18.0 Å².